The Morgan fingerprint density at radius 1 is 0.323 bits per heavy atom. The van der Waals surface area contributed by atoms with Crippen LogP contribution in [0.3, 0.4) is 0 Å². The van der Waals surface area contributed by atoms with E-state index < -0.39 is 6.10 Å². The molecule has 0 aromatic carbocycles. The average molecular weight is 877 g/mol. The minimum absolute atomic E-state index is 0.0642. The van der Waals surface area contributed by atoms with E-state index in [1.54, 1.807) is 0 Å². The van der Waals surface area contributed by atoms with Gasteiger partial charge in [-0.05, 0) is 37.0 Å². The van der Waals surface area contributed by atoms with E-state index in [-0.39, 0.29) is 31.1 Å². The maximum atomic E-state index is 12.8. The molecule has 0 N–H and O–H groups in total. The molecule has 6 heteroatoms. The second kappa shape index (κ2) is 47.4. The Morgan fingerprint density at radius 3 is 0.839 bits per heavy atom. The molecule has 0 aromatic rings. The van der Waals surface area contributed by atoms with Gasteiger partial charge in [0.15, 0.2) is 6.10 Å². The lowest BCUT2D eigenvalue weighted by atomic mass is 9.99. The number of hydrogen-bond acceptors (Lipinski definition) is 6. The zero-order valence-electron chi connectivity index (χ0n) is 42.7. The summed E-state index contributed by atoms with van der Waals surface area (Å²) in [7, 11) is 0. The Bertz CT molecular complexity index is 964. The maximum Gasteiger partial charge on any atom is 0.306 e. The summed E-state index contributed by atoms with van der Waals surface area (Å²) in [5.41, 5.74) is 0. The molecule has 0 aliphatic rings. The van der Waals surface area contributed by atoms with Crippen LogP contribution in [0.1, 0.15) is 305 Å². The molecule has 2 unspecified atom stereocenters. The number of ether oxygens (including phenoxy) is 3. The molecular formula is C56H108O6. The molecule has 0 amide bonds. The van der Waals surface area contributed by atoms with Crippen molar-refractivity contribution in [3.8, 4) is 0 Å². The largest absolute Gasteiger partial charge is 0.462 e. The fraction of sp³-hybridized carbons (Fsp3) is 0.946. The molecule has 0 saturated heterocycles. The van der Waals surface area contributed by atoms with Gasteiger partial charge in [-0.2, -0.15) is 0 Å². The number of esters is 3. The first-order valence-corrected chi connectivity index (χ1v) is 27.7. The molecule has 0 spiro atoms. The average Bonchev–Trinajstić information content (AvgIpc) is 3.26. The summed E-state index contributed by atoms with van der Waals surface area (Å²) in [5.74, 6) is 1.73. The smallest absolute Gasteiger partial charge is 0.306 e. The number of hydrogen-bond donors (Lipinski definition) is 0. The molecule has 0 fully saturated rings. The van der Waals surface area contributed by atoms with Crippen LogP contribution >= 0.6 is 0 Å². The minimum atomic E-state index is -0.763. The molecule has 368 valence electrons. The molecule has 3 atom stereocenters. The van der Waals surface area contributed by atoms with E-state index in [0.29, 0.717) is 19.3 Å². The van der Waals surface area contributed by atoms with Crippen LogP contribution in [0.5, 0.6) is 0 Å². The molecule has 62 heavy (non-hydrogen) atoms. The van der Waals surface area contributed by atoms with E-state index in [9.17, 15) is 14.4 Å². The van der Waals surface area contributed by atoms with Gasteiger partial charge in [0.05, 0.1) is 0 Å². The summed E-state index contributed by atoms with van der Waals surface area (Å²) in [6, 6.07) is 0. The topological polar surface area (TPSA) is 78.9 Å². The Labute approximate surface area is 387 Å². The van der Waals surface area contributed by atoms with Crippen molar-refractivity contribution in [2.75, 3.05) is 13.2 Å². The number of carbonyl (C=O) groups excluding carboxylic acids is 3. The third-order valence-electron chi connectivity index (χ3n) is 13.4. The SMILES string of the molecule is CCC(C)CCCCCCCCCCCCC(=O)OC[C@H](COC(=O)CCCCCCCCCCCCCCCC(C)C)OC(=O)CCCCCCCCCCCCC(C)CC. The zero-order chi connectivity index (χ0) is 45.6. The van der Waals surface area contributed by atoms with Gasteiger partial charge < -0.3 is 14.2 Å². The number of unbranched alkanes of at least 4 members (excludes halogenated alkanes) is 30. The van der Waals surface area contributed by atoms with Crippen LogP contribution < -0.4 is 0 Å². The van der Waals surface area contributed by atoms with E-state index in [4.69, 9.17) is 14.2 Å². The van der Waals surface area contributed by atoms with Crippen LogP contribution in [0.4, 0.5) is 0 Å². The van der Waals surface area contributed by atoms with Crippen LogP contribution in [-0.2, 0) is 28.6 Å². The molecule has 0 saturated carbocycles. The molecule has 6 nitrogen and oxygen atoms in total. The summed E-state index contributed by atoms with van der Waals surface area (Å²) in [6.45, 7) is 13.8. The standard InChI is InChI=1S/C56H108O6/c1-7-51(5)43-37-31-25-19-14-16-22-28-34-40-46-55(58)61-49-53(62-56(59)47-41-35-29-23-17-15-20-26-32-38-44-52(6)8-2)48-60-54(57)45-39-33-27-21-13-11-9-10-12-18-24-30-36-42-50(3)4/h50-53H,7-49H2,1-6H3/t51?,52?,53-/m0/s1. The van der Waals surface area contributed by atoms with Gasteiger partial charge in [-0.15, -0.1) is 0 Å². The number of carbonyl (C=O) groups is 3. The van der Waals surface area contributed by atoms with Crippen molar-refractivity contribution in [2.45, 2.75) is 311 Å². The molecule has 0 rings (SSSR count). The first-order chi connectivity index (χ1) is 30.2. The molecule has 0 aliphatic carbocycles. The summed E-state index contributed by atoms with van der Waals surface area (Å²) in [4.78, 5) is 38.1. The minimum Gasteiger partial charge on any atom is -0.462 e. The Balaban J connectivity index is 4.33. The third-order valence-corrected chi connectivity index (χ3v) is 13.4. The molecule has 0 radical (unpaired) electrons. The second-order valence-corrected chi connectivity index (χ2v) is 20.2. The van der Waals surface area contributed by atoms with Crippen LogP contribution in [0.15, 0.2) is 0 Å². The van der Waals surface area contributed by atoms with Crippen LogP contribution in [-0.4, -0.2) is 37.2 Å². The predicted molar refractivity (Wildman–Crippen MR) is 266 cm³/mol. The van der Waals surface area contributed by atoms with E-state index in [0.717, 1.165) is 75.5 Å². The highest BCUT2D eigenvalue weighted by atomic mass is 16.6. The van der Waals surface area contributed by atoms with Crippen molar-refractivity contribution < 1.29 is 28.6 Å². The summed E-state index contributed by atoms with van der Waals surface area (Å²) in [5, 5.41) is 0. The first kappa shape index (κ1) is 60.4. The van der Waals surface area contributed by atoms with Gasteiger partial charge in [-0.1, -0.05) is 266 Å². The molecular weight excluding hydrogens is 769 g/mol. The molecule has 0 heterocycles. The Hall–Kier alpha value is -1.59. The fourth-order valence-corrected chi connectivity index (χ4v) is 8.40. The van der Waals surface area contributed by atoms with Crippen LogP contribution in [0, 0.1) is 17.8 Å². The van der Waals surface area contributed by atoms with Crippen molar-refractivity contribution in [3.05, 3.63) is 0 Å². The zero-order valence-corrected chi connectivity index (χ0v) is 42.7. The summed E-state index contributed by atoms with van der Waals surface area (Å²) in [6.07, 6.45) is 47.9. The third kappa shape index (κ3) is 46.4. The van der Waals surface area contributed by atoms with Gasteiger partial charge in [0.2, 0.25) is 0 Å². The molecule has 0 aromatic heterocycles. The van der Waals surface area contributed by atoms with Crippen molar-refractivity contribution in [3.63, 3.8) is 0 Å². The maximum absolute atomic E-state index is 12.8. The highest BCUT2D eigenvalue weighted by Gasteiger charge is 2.19. The van der Waals surface area contributed by atoms with Gasteiger partial charge in [0.1, 0.15) is 13.2 Å². The van der Waals surface area contributed by atoms with Gasteiger partial charge in [-0.3, -0.25) is 14.4 Å². The number of rotatable bonds is 49. The van der Waals surface area contributed by atoms with E-state index >= 15 is 0 Å². The van der Waals surface area contributed by atoms with Crippen LogP contribution in [0.25, 0.3) is 0 Å². The fourth-order valence-electron chi connectivity index (χ4n) is 8.40. The van der Waals surface area contributed by atoms with E-state index in [1.807, 2.05) is 0 Å². The predicted octanol–water partition coefficient (Wildman–Crippen LogP) is 17.9. The Morgan fingerprint density at radius 2 is 0.565 bits per heavy atom. The van der Waals surface area contributed by atoms with Crippen molar-refractivity contribution in [1.29, 1.82) is 0 Å². The summed E-state index contributed by atoms with van der Waals surface area (Å²) < 4.78 is 16.9. The highest BCUT2D eigenvalue weighted by molar-refractivity contribution is 5.71. The lowest BCUT2D eigenvalue weighted by molar-refractivity contribution is -0.167. The summed E-state index contributed by atoms with van der Waals surface area (Å²) >= 11 is 0. The van der Waals surface area contributed by atoms with E-state index in [2.05, 4.69) is 41.5 Å². The normalized spacial score (nSPS) is 13.0. The first-order valence-electron chi connectivity index (χ1n) is 27.7. The quantitative estimate of drug-likeness (QED) is 0.0344. The Kier molecular flexibility index (Phi) is 46.2. The molecule has 0 aliphatic heterocycles. The van der Waals surface area contributed by atoms with Crippen molar-refractivity contribution >= 4 is 17.9 Å². The second-order valence-electron chi connectivity index (χ2n) is 20.2. The highest BCUT2D eigenvalue weighted by Crippen LogP contribution is 2.19. The van der Waals surface area contributed by atoms with Gasteiger partial charge >= 0.3 is 17.9 Å². The van der Waals surface area contributed by atoms with Gasteiger partial charge in [0, 0.05) is 19.3 Å². The van der Waals surface area contributed by atoms with Crippen LogP contribution in [0.2, 0.25) is 0 Å². The van der Waals surface area contributed by atoms with Crippen molar-refractivity contribution in [1.82, 2.24) is 0 Å². The van der Waals surface area contributed by atoms with Gasteiger partial charge in [-0.25, -0.2) is 0 Å². The molecule has 0 bridgehead atoms. The lowest BCUT2D eigenvalue weighted by Gasteiger charge is -2.18. The lowest BCUT2D eigenvalue weighted by Crippen LogP contribution is -2.30. The van der Waals surface area contributed by atoms with Crippen molar-refractivity contribution in [2.24, 2.45) is 17.8 Å². The monoisotopic (exact) mass is 877 g/mol. The van der Waals surface area contributed by atoms with Gasteiger partial charge in [0.25, 0.3) is 0 Å². The van der Waals surface area contributed by atoms with E-state index in [1.165, 1.54) is 186 Å².